The molecule has 0 unspecified atom stereocenters. The predicted molar refractivity (Wildman–Crippen MR) is 88.5 cm³/mol. The van der Waals surface area contributed by atoms with Crippen LogP contribution in [0.2, 0.25) is 0 Å². The van der Waals surface area contributed by atoms with Gasteiger partial charge in [-0.05, 0) is 35.7 Å². The fourth-order valence-corrected chi connectivity index (χ4v) is 3.94. The number of carbonyl (C=O) groups excluding carboxylic acids is 1. The van der Waals surface area contributed by atoms with Gasteiger partial charge < -0.3 is 14.4 Å². The molecule has 3 atom stereocenters. The number of benzene rings is 2. The lowest BCUT2D eigenvalue weighted by Gasteiger charge is -2.30. The molecule has 120 valence electrons. The van der Waals surface area contributed by atoms with Crippen LogP contribution in [0.5, 0.6) is 0 Å². The maximum absolute atomic E-state index is 13.1. The van der Waals surface area contributed by atoms with Gasteiger partial charge in [0.05, 0.1) is 18.8 Å². The first-order chi connectivity index (χ1) is 11.3. The molecule has 23 heavy (non-hydrogen) atoms. The van der Waals surface area contributed by atoms with Gasteiger partial charge in [0.2, 0.25) is 0 Å². The van der Waals surface area contributed by atoms with Crippen LogP contribution in [0.3, 0.4) is 0 Å². The van der Waals surface area contributed by atoms with E-state index in [0.29, 0.717) is 13.2 Å². The summed E-state index contributed by atoms with van der Waals surface area (Å²) < 4.78 is 11.5. The van der Waals surface area contributed by atoms with Gasteiger partial charge >= 0.3 is 0 Å². The molecule has 0 spiro atoms. The van der Waals surface area contributed by atoms with Crippen LogP contribution in [-0.2, 0) is 9.47 Å². The first kappa shape index (κ1) is 14.7. The summed E-state index contributed by atoms with van der Waals surface area (Å²) in [4.78, 5) is 15.0. The van der Waals surface area contributed by atoms with E-state index in [4.69, 9.17) is 9.47 Å². The Morgan fingerprint density at radius 1 is 1.17 bits per heavy atom. The van der Waals surface area contributed by atoms with Crippen LogP contribution >= 0.6 is 0 Å². The Balaban J connectivity index is 1.66. The molecule has 1 heterocycles. The first-order valence-electron chi connectivity index (χ1n) is 8.22. The predicted octanol–water partition coefficient (Wildman–Crippen LogP) is 2.86. The number of ether oxygens (including phenoxy) is 2. The Bertz CT molecular complexity index is 729. The van der Waals surface area contributed by atoms with Gasteiger partial charge in [-0.3, -0.25) is 4.79 Å². The van der Waals surface area contributed by atoms with Crippen molar-refractivity contribution in [2.24, 2.45) is 0 Å². The van der Waals surface area contributed by atoms with E-state index in [9.17, 15) is 4.79 Å². The zero-order chi connectivity index (χ0) is 15.8. The lowest BCUT2D eigenvalue weighted by molar-refractivity contribution is -0.0316. The summed E-state index contributed by atoms with van der Waals surface area (Å²) in [5.41, 5.74) is 0.740. The third kappa shape index (κ3) is 2.52. The summed E-state index contributed by atoms with van der Waals surface area (Å²) in [6.07, 6.45) is 2.02. The van der Waals surface area contributed by atoms with E-state index in [1.54, 1.807) is 7.11 Å². The van der Waals surface area contributed by atoms with Crippen LogP contribution in [0.25, 0.3) is 10.8 Å². The molecule has 0 N–H and O–H groups in total. The number of nitrogens with zero attached hydrogens (tertiary/aromatic N) is 1. The van der Waals surface area contributed by atoms with Crippen LogP contribution in [0.4, 0.5) is 0 Å². The second-order valence-corrected chi connectivity index (χ2v) is 6.31. The highest BCUT2D eigenvalue weighted by atomic mass is 16.5. The van der Waals surface area contributed by atoms with Crippen LogP contribution in [0, 0.1) is 0 Å². The van der Waals surface area contributed by atoms with E-state index in [1.165, 1.54) is 0 Å². The van der Waals surface area contributed by atoms with Crippen molar-refractivity contribution in [2.75, 3.05) is 20.3 Å². The fourth-order valence-electron chi connectivity index (χ4n) is 3.94. The number of hydrogen-bond acceptors (Lipinski definition) is 3. The molecule has 0 radical (unpaired) electrons. The highest BCUT2D eigenvalue weighted by Gasteiger charge is 2.44. The minimum atomic E-state index is -0.0121. The van der Waals surface area contributed by atoms with Crippen LogP contribution in [0.1, 0.15) is 23.2 Å². The summed E-state index contributed by atoms with van der Waals surface area (Å²) in [7, 11) is 1.71. The van der Waals surface area contributed by atoms with E-state index in [2.05, 4.69) is 6.07 Å². The molecule has 4 nitrogen and oxygen atoms in total. The number of methoxy groups -OCH3 is 1. The fraction of sp³-hybridized carbons (Fsp3) is 0.421. The SMILES string of the molecule is CO[C@H]1[C@H]2CC[C@H]1OCCN2C(=O)c1ccc2ccccc2c1. The molecule has 2 aromatic rings. The Kier molecular flexibility index (Phi) is 3.79. The van der Waals surface area contributed by atoms with Gasteiger partial charge in [0.1, 0.15) is 6.10 Å². The molecular formula is C19H21NO3. The summed E-state index contributed by atoms with van der Waals surface area (Å²) in [5.74, 6) is 0.0777. The zero-order valence-electron chi connectivity index (χ0n) is 13.3. The number of hydrogen-bond donors (Lipinski definition) is 0. The van der Waals surface area contributed by atoms with Gasteiger partial charge in [0.25, 0.3) is 5.91 Å². The van der Waals surface area contributed by atoms with E-state index < -0.39 is 0 Å². The van der Waals surface area contributed by atoms with E-state index in [1.807, 2.05) is 41.3 Å². The van der Waals surface area contributed by atoms with Crippen molar-refractivity contribution in [1.82, 2.24) is 4.90 Å². The Labute approximate surface area is 136 Å². The van der Waals surface area contributed by atoms with Crippen molar-refractivity contribution >= 4 is 16.7 Å². The Hall–Kier alpha value is -1.91. The minimum Gasteiger partial charge on any atom is -0.377 e. The first-order valence-corrected chi connectivity index (χ1v) is 8.22. The molecule has 2 bridgehead atoms. The summed E-state index contributed by atoms with van der Waals surface area (Å²) in [6, 6.07) is 14.2. The molecule has 1 amide bonds. The molecule has 1 saturated heterocycles. The quantitative estimate of drug-likeness (QED) is 0.856. The molecule has 4 heteroatoms. The average molecular weight is 311 g/mol. The van der Waals surface area contributed by atoms with Gasteiger partial charge in [-0.1, -0.05) is 30.3 Å². The number of rotatable bonds is 2. The smallest absolute Gasteiger partial charge is 0.254 e. The molecular weight excluding hydrogens is 290 g/mol. The number of amides is 1. The Morgan fingerprint density at radius 3 is 2.83 bits per heavy atom. The number of carbonyl (C=O) groups is 1. The van der Waals surface area contributed by atoms with Gasteiger partial charge in [0.15, 0.2) is 0 Å². The normalized spacial score (nSPS) is 27.2. The molecule has 0 aromatic heterocycles. The van der Waals surface area contributed by atoms with E-state index in [-0.39, 0.29) is 24.2 Å². The van der Waals surface area contributed by atoms with Gasteiger partial charge in [-0.15, -0.1) is 0 Å². The van der Waals surface area contributed by atoms with Crippen LogP contribution in [0.15, 0.2) is 42.5 Å². The molecule has 1 aliphatic heterocycles. The van der Waals surface area contributed by atoms with Crippen LogP contribution in [-0.4, -0.2) is 49.3 Å². The topological polar surface area (TPSA) is 38.8 Å². The second kappa shape index (κ2) is 5.95. The zero-order valence-corrected chi connectivity index (χ0v) is 13.3. The minimum absolute atomic E-state index is 0.0121. The summed E-state index contributed by atoms with van der Waals surface area (Å²) in [6.45, 7) is 1.22. The molecule has 1 aliphatic carbocycles. The monoisotopic (exact) mass is 311 g/mol. The lowest BCUT2D eigenvalue weighted by Crippen LogP contribution is -2.46. The molecule has 2 fully saturated rings. The summed E-state index contributed by atoms with van der Waals surface area (Å²) >= 11 is 0. The second-order valence-electron chi connectivity index (χ2n) is 6.31. The van der Waals surface area contributed by atoms with Crippen LogP contribution < -0.4 is 0 Å². The van der Waals surface area contributed by atoms with Crippen molar-refractivity contribution in [1.29, 1.82) is 0 Å². The molecule has 4 rings (SSSR count). The molecule has 1 saturated carbocycles. The van der Waals surface area contributed by atoms with Gasteiger partial charge in [-0.2, -0.15) is 0 Å². The number of fused-ring (bicyclic) bond motifs is 3. The van der Waals surface area contributed by atoms with Crippen molar-refractivity contribution in [2.45, 2.75) is 31.1 Å². The van der Waals surface area contributed by atoms with Gasteiger partial charge in [0, 0.05) is 19.2 Å². The van der Waals surface area contributed by atoms with Crippen molar-refractivity contribution in [3.05, 3.63) is 48.0 Å². The lowest BCUT2D eigenvalue weighted by atomic mass is 10.0. The highest BCUT2D eigenvalue weighted by molar-refractivity contribution is 5.98. The third-order valence-corrected chi connectivity index (χ3v) is 5.09. The largest absolute Gasteiger partial charge is 0.377 e. The van der Waals surface area contributed by atoms with Gasteiger partial charge in [-0.25, -0.2) is 0 Å². The Morgan fingerprint density at radius 2 is 2.00 bits per heavy atom. The van der Waals surface area contributed by atoms with Crippen molar-refractivity contribution in [3.63, 3.8) is 0 Å². The molecule has 2 aromatic carbocycles. The highest BCUT2D eigenvalue weighted by Crippen LogP contribution is 2.32. The van der Waals surface area contributed by atoms with Crippen molar-refractivity contribution in [3.8, 4) is 0 Å². The molecule has 2 aliphatic rings. The van der Waals surface area contributed by atoms with E-state index >= 15 is 0 Å². The van der Waals surface area contributed by atoms with Crippen molar-refractivity contribution < 1.29 is 14.3 Å². The maximum atomic E-state index is 13.1. The standard InChI is InChI=1S/C19H21NO3/c1-22-18-16-8-9-17(18)23-11-10-20(16)19(21)15-7-6-13-4-2-3-5-14(13)12-15/h2-7,12,16-18H,8-11H2,1H3/t16-,17-,18+/m1/s1. The summed E-state index contributed by atoms with van der Waals surface area (Å²) in [5, 5.41) is 2.25. The average Bonchev–Trinajstić information content (AvgIpc) is 2.89. The van der Waals surface area contributed by atoms with E-state index in [0.717, 1.165) is 29.2 Å². The third-order valence-electron chi connectivity index (χ3n) is 5.09. The maximum Gasteiger partial charge on any atom is 0.254 e.